The van der Waals surface area contributed by atoms with Crippen LogP contribution in [-0.4, -0.2) is 75.0 Å². The third kappa shape index (κ3) is 3.72. The van der Waals surface area contributed by atoms with Crippen molar-refractivity contribution in [1.82, 2.24) is 29.5 Å². The second-order valence-corrected chi connectivity index (χ2v) is 8.67. The van der Waals surface area contributed by atoms with Crippen molar-refractivity contribution in [3.63, 3.8) is 0 Å². The maximum Gasteiger partial charge on any atom is 0.257 e. The van der Waals surface area contributed by atoms with Gasteiger partial charge in [0.2, 0.25) is 6.79 Å². The van der Waals surface area contributed by atoms with Crippen LogP contribution in [0.1, 0.15) is 41.7 Å². The van der Waals surface area contributed by atoms with E-state index in [0.29, 0.717) is 23.2 Å². The zero-order chi connectivity index (χ0) is 22.4. The molecule has 0 unspecified atom stereocenters. The molecule has 3 aliphatic rings. The highest BCUT2D eigenvalue weighted by Gasteiger charge is 2.35. The number of fused-ring (bicyclic) bond motifs is 1. The summed E-state index contributed by atoms with van der Waals surface area (Å²) in [5.41, 5.74) is 3.28. The normalized spacial score (nSPS) is 18.0. The second-order valence-electron chi connectivity index (χ2n) is 8.67. The standard InChI is InChI=1S/C24H26N6O3/c1-2-28-9-11-29(12-10-28)23(31)18-14-26-30(22(18)16-3-4-16)24-25-8-7-19(27-24)17-5-6-20-21(13-17)33-15-32-20/h5-8,13-14,16H,2-4,9-12,15H2,1H3. The predicted molar refractivity (Wildman–Crippen MR) is 121 cm³/mol. The van der Waals surface area contributed by atoms with Crippen molar-refractivity contribution in [3.8, 4) is 28.7 Å². The van der Waals surface area contributed by atoms with Gasteiger partial charge in [-0.2, -0.15) is 5.10 Å². The molecule has 9 heteroatoms. The Balaban J connectivity index is 1.32. The molecule has 0 spiro atoms. The van der Waals surface area contributed by atoms with Crippen LogP contribution >= 0.6 is 0 Å². The highest BCUT2D eigenvalue weighted by molar-refractivity contribution is 5.95. The van der Waals surface area contributed by atoms with Gasteiger partial charge in [-0.05, 0) is 43.7 Å². The number of hydrogen-bond acceptors (Lipinski definition) is 7. The van der Waals surface area contributed by atoms with Crippen LogP contribution in [0.5, 0.6) is 11.5 Å². The number of hydrogen-bond donors (Lipinski definition) is 0. The summed E-state index contributed by atoms with van der Waals surface area (Å²) in [5, 5.41) is 4.58. The molecular formula is C24H26N6O3. The van der Waals surface area contributed by atoms with Gasteiger partial charge < -0.3 is 19.3 Å². The molecule has 170 valence electrons. The largest absolute Gasteiger partial charge is 0.454 e. The Morgan fingerprint density at radius 1 is 1.09 bits per heavy atom. The highest BCUT2D eigenvalue weighted by Crippen LogP contribution is 2.42. The smallest absolute Gasteiger partial charge is 0.257 e. The zero-order valence-corrected chi connectivity index (χ0v) is 18.6. The first-order valence-corrected chi connectivity index (χ1v) is 11.5. The van der Waals surface area contributed by atoms with E-state index in [4.69, 9.17) is 14.5 Å². The molecule has 2 aromatic heterocycles. The summed E-state index contributed by atoms with van der Waals surface area (Å²) in [4.78, 5) is 27.0. The average molecular weight is 447 g/mol. The van der Waals surface area contributed by atoms with Gasteiger partial charge >= 0.3 is 0 Å². The third-order valence-electron chi connectivity index (χ3n) is 6.61. The Morgan fingerprint density at radius 2 is 1.91 bits per heavy atom. The van der Waals surface area contributed by atoms with Gasteiger partial charge in [0.25, 0.3) is 11.9 Å². The summed E-state index contributed by atoms with van der Waals surface area (Å²) in [7, 11) is 0. The fourth-order valence-electron chi connectivity index (χ4n) is 4.54. The topological polar surface area (TPSA) is 85.6 Å². The van der Waals surface area contributed by atoms with Gasteiger partial charge in [0.15, 0.2) is 11.5 Å². The van der Waals surface area contributed by atoms with E-state index in [1.54, 1.807) is 17.1 Å². The van der Waals surface area contributed by atoms with E-state index < -0.39 is 0 Å². The lowest BCUT2D eigenvalue weighted by Crippen LogP contribution is -2.48. The molecule has 1 aliphatic carbocycles. The molecule has 1 saturated carbocycles. The van der Waals surface area contributed by atoms with E-state index in [1.165, 1.54) is 0 Å². The van der Waals surface area contributed by atoms with Crippen LogP contribution in [0.25, 0.3) is 17.2 Å². The lowest BCUT2D eigenvalue weighted by atomic mass is 10.1. The van der Waals surface area contributed by atoms with Crippen molar-refractivity contribution in [3.05, 3.63) is 47.9 Å². The van der Waals surface area contributed by atoms with E-state index in [9.17, 15) is 4.79 Å². The lowest BCUT2D eigenvalue weighted by Gasteiger charge is -2.34. The Kier molecular flexibility index (Phi) is 4.98. The van der Waals surface area contributed by atoms with Crippen LogP contribution in [0.4, 0.5) is 0 Å². The molecule has 0 bridgehead atoms. The molecule has 1 amide bonds. The Morgan fingerprint density at radius 3 is 2.70 bits per heavy atom. The van der Waals surface area contributed by atoms with E-state index in [2.05, 4.69) is 21.9 Å². The van der Waals surface area contributed by atoms with Crippen LogP contribution < -0.4 is 9.47 Å². The van der Waals surface area contributed by atoms with E-state index in [1.807, 2.05) is 29.2 Å². The first-order valence-electron chi connectivity index (χ1n) is 11.5. The number of benzene rings is 1. The first kappa shape index (κ1) is 20.2. The fraction of sp³-hybridized carbons (Fsp3) is 0.417. The summed E-state index contributed by atoms with van der Waals surface area (Å²) in [6, 6.07) is 7.62. The molecule has 3 aromatic rings. The number of nitrogens with zero attached hydrogens (tertiary/aromatic N) is 6. The van der Waals surface area contributed by atoms with Crippen molar-refractivity contribution in [2.45, 2.75) is 25.7 Å². The molecule has 1 aromatic carbocycles. The molecule has 9 nitrogen and oxygen atoms in total. The summed E-state index contributed by atoms with van der Waals surface area (Å²) in [6.45, 7) is 6.73. The van der Waals surface area contributed by atoms with E-state index in [-0.39, 0.29) is 12.7 Å². The molecule has 2 aliphatic heterocycles. The number of carbonyl (C=O) groups excluding carboxylic acids is 1. The Hall–Kier alpha value is -3.46. The minimum atomic E-state index is 0.0610. The number of ether oxygens (including phenoxy) is 2. The summed E-state index contributed by atoms with van der Waals surface area (Å²) in [6.07, 6.45) is 5.53. The van der Waals surface area contributed by atoms with Gasteiger partial charge in [0.05, 0.1) is 23.1 Å². The predicted octanol–water partition coefficient (Wildman–Crippen LogP) is 2.71. The van der Waals surface area contributed by atoms with Crippen LogP contribution in [-0.2, 0) is 0 Å². The third-order valence-corrected chi connectivity index (χ3v) is 6.61. The Labute approximate surface area is 191 Å². The van der Waals surface area contributed by atoms with Crippen LogP contribution in [0, 0.1) is 0 Å². The number of aromatic nitrogens is 4. The van der Waals surface area contributed by atoms with Gasteiger partial charge in [-0.1, -0.05) is 6.92 Å². The van der Waals surface area contributed by atoms with Gasteiger partial charge in [-0.25, -0.2) is 14.6 Å². The van der Waals surface area contributed by atoms with Gasteiger partial charge in [-0.3, -0.25) is 4.79 Å². The molecule has 0 N–H and O–H groups in total. The molecule has 6 rings (SSSR count). The number of piperazine rings is 1. The van der Waals surface area contributed by atoms with Crippen LogP contribution in [0.3, 0.4) is 0 Å². The van der Waals surface area contributed by atoms with Crippen molar-refractivity contribution >= 4 is 5.91 Å². The van der Waals surface area contributed by atoms with Crippen molar-refractivity contribution in [1.29, 1.82) is 0 Å². The molecule has 1 saturated heterocycles. The van der Waals surface area contributed by atoms with Gasteiger partial charge in [0.1, 0.15) is 0 Å². The minimum Gasteiger partial charge on any atom is -0.454 e. The van der Waals surface area contributed by atoms with E-state index in [0.717, 1.165) is 68.3 Å². The second kappa shape index (κ2) is 8.15. The van der Waals surface area contributed by atoms with Crippen molar-refractivity contribution < 1.29 is 14.3 Å². The van der Waals surface area contributed by atoms with Gasteiger partial charge in [0, 0.05) is 43.9 Å². The lowest BCUT2D eigenvalue weighted by molar-refractivity contribution is 0.0642. The Bertz CT molecular complexity index is 1200. The minimum absolute atomic E-state index is 0.0610. The molecular weight excluding hydrogens is 420 g/mol. The monoisotopic (exact) mass is 446 g/mol. The van der Waals surface area contributed by atoms with Crippen LogP contribution in [0.2, 0.25) is 0 Å². The fourth-order valence-corrected chi connectivity index (χ4v) is 4.54. The van der Waals surface area contributed by atoms with E-state index >= 15 is 0 Å². The summed E-state index contributed by atoms with van der Waals surface area (Å²) >= 11 is 0. The molecule has 2 fully saturated rings. The van der Waals surface area contributed by atoms with Crippen molar-refractivity contribution in [2.75, 3.05) is 39.5 Å². The van der Waals surface area contributed by atoms with Crippen molar-refractivity contribution in [2.24, 2.45) is 0 Å². The SMILES string of the molecule is CCN1CCN(C(=O)c2cnn(-c3nccc(-c4ccc5c(c4)OCO5)n3)c2C2CC2)CC1. The molecule has 4 heterocycles. The number of likely N-dealkylation sites (N-methyl/N-ethyl adjacent to an activating group) is 1. The summed E-state index contributed by atoms with van der Waals surface area (Å²) < 4.78 is 12.7. The highest BCUT2D eigenvalue weighted by atomic mass is 16.7. The molecule has 0 atom stereocenters. The maximum atomic E-state index is 13.4. The van der Waals surface area contributed by atoms with Crippen LogP contribution in [0.15, 0.2) is 36.7 Å². The zero-order valence-electron chi connectivity index (χ0n) is 18.6. The average Bonchev–Trinajstić information content (AvgIpc) is 3.43. The summed E-state index contributed by atoms with van der Waals surface area (Å²) in [5.74, 6) is 2.30. The number of carbonyl (C=O) groups is 1. The number of rotatable bonds is 5. The molecule has 33 heavy (non-hydrogen) atoms. The van der Waals surface area contributed by atoms with Gasteiger partial charge in [-0.15, -0.1) is 0 Å². The molecule has 0 radical (unpaired) electrons. The maximum absolute atomic E-state index is 13.4. The number of amides is 1. The quantitative estimate of drug-likeness (QED) is 0.596. The first-order chi connectivity index (χ1) is 16.2.